The highest BCUT2D eigenvalue weighted by Gasteiger charge is 2.26. The minimum atomic E-state index is -3.54. The zero-order valence-electron chi connectivity index (χ0n) is 15.3. The van der Waals surface area contributed by atoms with Crippen LogP contribution in [0.2, 0.25) is 0 Å². The quantitative estimate of drug-likeness (QED) is 0.819. The number of piperidine rings is 1. The van der Waals surface area contributed by atoms with Gasteiger partial charge in [0.15, 0.2) is 0 Å². The van der Waals surface area contributed by atoms with Crippen molar-refractivity contribution in [2.24, 2.45) is 11.0 Å². The number of amides is 1. The van der Waals surface area contributed by atoms with Crippen LogP contribution in [0.15, 0.2) is 34.3 Å². The second-order valence-corrected chi connectivity index (χ2v) is 9.12. The molecule has 7 heteroatoms. The van der Waals surface area contributed by atoms with Gasteiger partial charge in [0.1, 0.15) is 0 Å². The highest BCUT2D eigenvalue weighted by Crippen LogP contribution is 2.22. The van der Waals surface area contributed by atoms with Crippen molar-refractivity contribution < 1.29 is 13.2 Å². The molecule has 2 fully saturated rings. The van der Waals surface area contributed by atoms with Crippen molar-refractivity contribution in [2.75, 3.05) is 13.1 Å². The third-order valence-corrected chi connectivity index (χ3v) is 7.13. The number of hydrogen-bond acceptors (Lipinski definition) is 4. The van der Waals surface area contributed by atoms with Gasteiger partial charge in [-0.15, -0.1) is 0 Å². The minimum absolute atomic E-state index is 0.172. The second-order valence-electron chi connectivity index (χ2n) is 7.18. The number of carbonyl (C=O) groups excluding carboxylic acids is 1. The number of carbonyl (C=O) groups is 1. The molecule has 1 atom stereocenters. The van der Waals surface area contributed by atoms with E-state index in [4.69, 9.17) is 0 Å². The maximum atomic E-state index is 12.8. The van der Waals surface area contributed by atoms with Crippen molar-refractivity contribution in [3.8, 4) is 0 Å². The van der Waals surface area contributed by atoms with Crippen LogP contribution in [-0.2, 0) is 10.0 Å². The third-order valence-electron chi connectivity index (χ3n) is 5.24. The fourth-order valence-electron chi connectivity index (χ4n) is 3.57. The van der Waals surface area contributed by atoms with Gasteiger partial charge in [-0.2, -0.15) is 9.41 Å². The molecule has 1 N–H and O–H groups in total. The SMILES string of the molecule is C[C@H]1CCCC/C1=N/NC(=O)c1cccc(S(=O)(=O)N2CCCCC2)c1. The summed E-state index contributed by atoms with van der Waals surface area (Å²) in [7, 11) is -3.54. The Kier molecular flexibility index (Phi) is 6.09. The molecule has 1 amide bonds. The summed E-state index contributed by atoms with van der Waals surface area (Å²) in [6.45, 7) is 3.21. The zero-order chi connectivity index (χ0) is 18.6. The molecule has 1 saturated heterocycles. The first-order chi connectivity index (χ1) is 12.5. The van der Waals surface area contributed by atoms with Crippen LogP contribution in [-0.4, -0.2) is 37.4 Å². The Morgan fingerprint density at radius 2 is 1.92 bits per heavy atom. The maximum absolute atomic E-state index is 12.8. The lowest BCUT2D eigenvalue weighted by Crippen LogP contribution is -2.35. The molecule has 1 aliphatic carbocycles. The number of sulfonamides is 1. The number of nitrogens with one attached hydrogen (secondary N) is 1. The van der Waals surface area contributed by atoms with E-state index in [-0.39, 0.29) is 10.8 Å². The molecule has 2 aliphatic rings. The molecule has 1 heterocycles. The first-order valence-electron chi connectivity index (χ1n) is 9.45. The van der Waals surface area contributed by atoms with Crippen LogP contribution in [0.1, 0.15) is 62.2 Å². The first kappa shape index (κ1) is 19.0. The van der Waals surface area contributed by atoms with Crippen LogP contribution >= 0.6 is 0 Å². The summed E-state index contributed by atoms with van der Waals surface area (Å²) in [5.74, 6) is 0.0147. The molecule has 6 nitrogen and oxygen atoms in total. The van der Waals surface area contributed by atoms with E-state index >= 15 is 0 Å². The number of benzene rings is 1. The van der Waals surface area contributed by atoms with E-state index in [9.17, 15) is 13.2 Å². The normalized spacial score (nSPS) is 23.7. The fraction of sp³-hybridized carbons (Fsp3) is 0.579. The lowest BCUT2D eigenvalue weighted by molar-refractivity contribution is 0.0954. The van der Waals surface area contributed by atoms with Gasteiger partial charge in [0, 0.05) is 24.4 Å². The molecular formula is C19H27N3O3S. The van der Waals surface area contributed by atoms with Gasteiger partial charge in [0.05, 0.1) is 4.90 Å². The van der Waals surface area contributed by atoms with E-state index in [1.165, 1.54) is 16.8 Å². The topological polar surface area (TPSA) is 78.8 Å². The largest absolute Gasteiger partial charge is 0.271 e. The molecule has 0 bridgehead atoms. The Morgan fingerprint density at radius 1 is 1.15 bits per heavy atom. The molecule has 0 spiro atoms. The molecule has 3 rings (SSSR count). The third kappa shape index (κ3) is 4.32. The average molecular weight is 378 g/mol. The molecule has 0 radical (unpaired) electrons. The highest BCUT2D eigenvalue weighted by molar-refractivity contribution is 7.89. The monoisotopic (exact) mass is 377 g/mol. The first-order valence-corrected chi connectivity index (χ1v) is 10.9. The molecule has 0 unspecified atom stereocenters. The molecule has 0 aromatic heterocycles. The fourth-order valence-corrected chi connectivity index (χ4v) is 5.14. The van der Waals surface area contributed by atoms with Crippen molar-refractivity contribution in [1.29, 1.82) is 0 Å². The Balaban J connectivity index is 1.74. The van der Waals surface area contributed by atoms with Crippen LogP contribution < -0.4 is 5.43 Å². The van der Waals surface area contributed by atoms with Crippen molar-refractivity contribution in [1.82, 2.24) is 9.73 Å². The van der Waals surface area contributed by atoms with Gasteiger partial charge in [0.25, 0.3) is 5.91 Å². The number of hydrogen-bond donors (Lipinski definition) is 1. The van der Waals surface area contributed by atoms with Crippen molar-refractivity contribution in [2.45, 2.75) is 56.8 Å². The molecule has 26 heavy (non-hydrogen) atoms. The zero-order valence-corrected chi connectivity index (χ0v) is 16.1. The van der Waals surface area contributed by atoms with Crippen molar-refractivity contribution in [3.63, 3.8) is 0 Å². The molecule has 1 aromatic rings. The van der Waals surface area contributed by atoms with Gasteiger partial charge in [-0.1, -0.05) is 25.8 Å². The predicted octanol–water partition coefficient (Wildman–Crippen LogP) is 3.16. The summed E-state index contributed by atoms with van der Waals surface area (Å²) in [6.07, 6.45) is 7.13. The van der Waals surface area contributed by atoms with Crippen LogP contribution in [0.5, 0.6) is 0 Å². The Labute approximate surface area is 155 Å². The van der Waals surface area contributed by atoms with E-state index < -0.39 is 10.0 Å². The van der Waals surface area contributed by atoms with Gasteiger partial charge in [-0.25, -0.2) is 13.8 Å². The average Bonchev–Trinajstić information content (AvgIpc) is 2.68. The summed E-state index contributed by atoms with van der Waals surface area (Å²) < 4.78 is 27.1. The number of hydrazone groups is 1. The number of nitrogens with zero attached hydrogens (tertiary/aromatic N) is 2. The van der Waals surface area contributed by atoms with Crippen LogP contribution in [0.3, 0.4) is 0 Å². The van der Waals surface area contributed by atoms with Crippen LogP contribution in [0.25, 0.3) is 0 Å². The maximum Gasteiger partial charge on any atom is 0.271 e. The number of rotatable bonds is 4. The van der Waals surface area contributed by atoms with E-state index in [1.807, 2.05) is 0 Å². The molecule has 1 aromatic carbocycles. The minimum Gasteiger partial charge on any atom is -0.267 e. The molecule has 1 aliphatic heterocycles. The predicted molar refractivity (Wildman–Crippen MR) is 102 cm³/mol. The van der Waals surface area contributed by atoms with Crippen LogP contribution in [0, 0.1) is 5.92 Å². The van der Waals surface area contributed by atoms with Gasteiger partial charge < -0.3 is 0 Å². The van der Waals surface area contributed by atoms with E-state index in [0.29, 0.717) is 24.6 Å². The standard InChI is InChI=1S/C19H27N3O3S/c1-15-8-3-4-11-18(15)20-21-19(23)16-9-7-10-17(14-16)26(24,25)22-12-5-2-6-13-22/h7,9-10,14-15H,2-6,8,11-13H2,1H3,(H,21,23)/b20-18-/t15-/m0/s1. The van der Waals surface area contributed by atoms with Gasteiger partial charge in [0.2, 0.25) is 10.0 Å². The van der Waals surface area contributed by atoms with E-state index in [1.54, 1.807) is 18.2 Å². The van der Waals surface area contributed by atoms with Gasteiger partial charge in [-0.05, 0) is 56.2 Å². The lowest BCUT2D eigenvalue weighted by Gasteiger charge is -2.26. The van der Waals surface area contributed by atoms with Gasteiger partial charge in [-0.3, -0.25) is 4.79 Å². The summed E-state index contributed by atoms with van der Waals surface area (Å²) in [4.78, 5) is 12.6. The van der Waals surface area contributed by atoms with Crippen molar-refractivity contribution in [3.05, 3.63) is 29.8 Å². The van der Waals surface area contributed by atoms with E-state index in [0.717, 1.165) is 44.2 Å². The Hall–Kier alpha value is -1.73. The van der Waals surface area contributed by atoms with Gasteiger partial charge >= 0.3 is 0 Å². The summed E-state index contributed by atoms with van der Waals surface area (Å²) >= 11 is 0. The lowest BCUT2D eigenvalue weighted by atomic mass is 9.89. The molecule has 1 saturated carbocycles. The van der Waals surface area contributed by atoms with Crippen molar-refractivity contribution >= 4 is 21.6 Å². The van der Waals surface area contributed by atoms with E-state index in [2.05, 4.69) is 17.5 Å². The smallest absolute Gasteiger partial charge is 0.267 e. The summed E-state index contributed by atoms with van der Waals surface area (Å²) in [5.41, 5.74) is 3.93. The second kappa shape index (κ2) is 8.31. The molecular weight excluding hydrogens is 350 g/mol. The molecule has 142 valence electrons. The summed E-state index contributed by atoms with van der Waals surface area (Å²) in [6, 6.07) is 6.23. The Bertz CT molecular complexity index is 783. The van der Waals surface area contributed by atoms with Crippen LogP contribution in [0.4, 0.5) is 0 Å². The highest BCUT2D eigenvalue weighted by atomic mass is 32.2. The summed E-state index contributed by atoms with van der Waals surface area (Å²) in [5, 5.41) is 4.28. The Morgan fingerprint density at radius 3 is 2.65 bits per heavy atom.